The lowest BCUT2D eigenvalue weighted by molar-refractivity contribution is 0.140. The number of fused-ring (bicyclic) bond motifs is 1. The molecule has 23 heavy (non-hydrogen) atoms. The molecular formula is C18H26N4O. The van der Waals surface area contributed by atoms with E-state index >= 15 is 0 Å². The predicted octanol–water partition coefficient (Wildman–Crippen LogP) is 3.56. The van der Waals surface area contributed by atoms with Gasteiger partial charge in [0.05, 0.1) is 6.20 Å². The molecule has 1 saturated carbocycles. The van der Waals surface area contributed by atoms with Gasteiger partial charge in [0.15, 0.2) is 5.69 Å². The maximum atomic E-state index is 5.77. The molecule has 2 aromatic heterocycles. The Bertz CT molecular complexity index is 681. The van der Waals surface area contributed by atoms with E-state index in [9.17, 15) is 0 Å². The van der Waals surface area contributed by atoms with Gasteiger partial charge in [0.25, 0.3) is 0 Å². The highest BCUT2D eigenvalue weighted by Gasteiger charge is 2.30. The van der Waals surface area contributed by atoms with Gasteiger partial charge < -0.3 is 4.42 Å². The summed E-state index contributed by atoms with van der Waals surface area (Å²) >= 11 is 0. The summed E-state index contributed by atoms with van der Waals surface area (Å²) in [5.41, 5.74) is 3.67. The van der Waals surface area contributed by atoms with Crippen molar-refractivity contribution >= 4 is 0 Å². The lowest BCUT2D eigenvalue weighted by atomic mass is 9.92. The molecule has 1 fully saturated rings. The van der Waals surface area contributed by atoms with E-state index in [0.717, 1.165) is 43.6 Å². The molecule has 0 atom stereocenters. The first kappa shape index (κ1) is 14.9. The van der Waals surface area contributed by atoms with Gasteiger partial charge in [-0.25, -0.2) is 4.98 Å². The molecule has 0 spiro atoms. The van der Waals surface area contributed by atoms with Crippen LogP contribution in [0.4, 0.5) is 0 Å². The Morgan fingerprint density at radius 3 is 2.78 bits per heavy atom. The third kappa shape index (κ3) is 2.71. The Morgan fingerprint density at radius 1 is 1.26 bits per heavy atom. The second-order valence-electron chi connectivity index (χ2n) is 6.88. The molecule has 0 aromatic carbocycles. The molecule has 1 aliphatic carbocycles. The molecule has 0 amide bonds. The normalized spacial score (nSPS) is 19.9. The third-order valence-electron chi connectivity index (χ3n) is 5.38. The second-order valence-corrected chi connectivity index (χ2v) is 6.88. The van der Waals surface area contributed by atoms with Crippen LogP contribution in [0.2, 0.25) is 0 Å². The van der Waals surface area contributed by atoms with Crippen LogP contribution in [0.25, 0.3) is 11.6 Å². The number of aromatic nitrogens is 3. The van der Waals surface area contributed by atoms with Gasteiger partial charge in [0, 0.05) is 43.4 Å². The largest absolute Gasteiger partial charge is 0.440 e. The van der Waals surface area contributed by atoms with Crippen LogP contribution in [0.15, 0.2) is 10.6 Å². The fraction of sp³-hybridized carbons (Fsp3) is 0.667. The van der Waals surface area contributed by atoms with Crippen molar-refractivity contribution in [3.63, 3.8) is 0 Å². The van der Waals surface area contributed by atoms with Gasteiger partial charge in [-0.05, 0) is 26.7 Å². The average Bonchev–Trinajstić information content (AvgIpc) is 3.18. The van der Waals surface area contributed by atoms with Crippen LogP contribution in [0.5, 0.6) is 0 Å². The SMILES string of the molecule is CCn1nc(-c2ncc(C)o2)c2c1CCN(C1CCCCC1)C2. The number of rotatable bonds is 3. The van der Waals surface area contributed by atoms with E-state index in [0.29, 0.717) is 5.89 Å². The maximum Gasteiger partial charge on any atom is 0.247 e. The maximum absolute atomic E-state index is 5.77. The van der Waals surface area contributed by atoms with Gasteiger partial charge in [-0.1, -0.05) is 19.3 Å². The molecular weight excluding hydrogens is 288 g/mol. The fourth-order valence-electron chi connectivity index (χ4n) is 4.17. The van der Waals surface area contributed by atoms with E-state index in [4.69, 9.17) is 9.52 Å². The highest BCUT2D eigenvalue weighted by Crippen LogP contribution is 2.33. The van der Waals surface area contributed by atoms with E-state index in [1.165, 1.54) is 43.4 Å². The van der Waals surface area contributed by atoms with Crippen molar-refractivity contribution in [3.8, 4) is 11.6 Å². The van der Waals surface area contributed by atoms with Crippen LogP contribution in [0.3, 0.4) is 0 Å². The van der Waals surface area contributed by atoms with Crippen molar-refractivity contribution in [3.05, 3.63) is 23.2 Å². The summed E-state index contributed by atoms with van der Waals surface area (Å²) in [6, 6.07) is 0.751. The van der Waals surface area contributed by atoms with Crippen LogP contribution < -0.4 is 0 Å². The highest BCUT2D eigenvalue weighted by atomic mass is 16.4. The Morgan fingerprint density at radius 2 is 2.09 bits per heavy atom. The lowest BCUT2D eigenvalue weighted by Crippen LogP contribution is -2.40. The first-order chi connectivity index (χ1) is 11.3. The molecule has 5 heteroatoms. The summed E-state index contributed by atoms with van der Waals surface area (Å²) in [5, 5.41) is 4.81. The minimum absolute atomic E-state index is 0.677. The van der Waals surface area contributed by atoms with E-state index in [1.54, 1.807) is 6.20 Å². The molecule has 0 bridgehead atoms. The minimum Gasteiger partial charge on any atom is -0.440 e. The van der Waals surface area contributed by atoms with Gasteiger partial charge in [-0.3, -0.25) is 9.58 Å². The van der Waals surface area contributed by atoms with Gasteiger partial charge in [0.1, 0.15) is 5.76 Å². The number of nitrogens with zero attached hydrogens (tertiary/aromatic N) is 4. The van der Waals surface area contributed by atoms with E-state index in [-0.39, 0.29) is 0 Å². The van der Waals surface area contributed by atoms with Crippen LogP contribution in [0, 0.1) is 6.92 Å². The summed E-state index contributed by atoms with van der Waals surface area (Å²) in [6.07, 6.45) is 9.75. The van der Waals surface area contributed by atoms with Crippen molar-refractivity contribution in [2.75, 3.05) is 6.54 Å². The zero-order valence-electron chi connectivity index (χ0n) is 14.2. The van der Waals surface area contributed by atoms with Gasteiger partial charge in [-0.2, -0.15) is 5.10 Å². The van der Waals surface area contributed by atoms with Crippen molar-refractivity contribution < 1.29 is 4.42 Å². The van der Waals surface area contributed by atoms with Crippen LogP contribution in [-0.2, 0) is 19.5 Å². The standard InChI is InChI=1S/C18H26N4O/c1-3-22-16-9-10-21(14-7-5-4-6-8-14)12-15(16)17(20-22)18-19-11-13(2)23-18/h11,14H,3-10,12H2,1-2H3. The smallest absolute Gasteiger partial charge is 0.247 e. The van der Waals surface area contributed by atoms with Crippen molar-refractivity contribution in [2.24, 2.45) is 0 Å². The zero-order valence-corrected chi connectivity index (χ0v) is 14.2. The molecule has 3 heterocycles. The lowest BCUT2D eigenvalue weighted by Gasteiger charge is -2.37. The Kier molecular flexibility index (Phi) is 3.97. The van der Waals surface area contributed by atoms with Crippen LogP contribution in [-0.4, -0.2) is 32.3 Å². The summed E-state index contributed by atoms with van der Waals surface area (Å²) in [5.74, 6) is 1.52. The summed E-state index contributed by atoms with van der Waals surface area (Å²) in [7, 11) is 0. The van der Waals surface area contributed by atoms with Crippen molar-refractivity contribution in [2.45, 2.75) is 71.5 Å². The number of oxazole rings is 1. The molecule has 1 aliphatic heterocycles. The summed E-state index contributed by atoms with van der Waals surface area (Å²) in [4.78, 5) is 7.09. The molecule has 0 radical (unpaired) electrons. The molecule has 5 nitrogen and oxygen atoms in total. The van der Waals surface area contributed by atoms with Crippen molar-refractivity contribution in [1.82, 2.24) is 19.7 Å². The fourth-order valence-corrected chi connectivity index (χ4v) is 4.17. The predicted molar refractivity (Wildman–Crippen MR) is 89.1 cm³/mol. The quantitative estimate of drug-likeness (QED) is 0.869. The van der Waals surface area contributed by atoms with Gasteiger partial charge in [-0.15, -0.1) is 0 Å². The number of hydrogen-bond donors (Lipinski definition) is 0. The molecule has 124 valence electrons. The van der Waals surface area contributed by atoms with Crippen LogP contribution in [0.1, 0.15) is 56.0 Å². The van der Waals surface area contributed by atoms with Gasteiger partial charge >= 0.3 is 0 Å². The zero-order chi connectivity index (χ0) is 15.8. The second kappa shape index (κ2) is 6.11. The molecule has 0 unspecified atom stereocenters. The van der Waals surface area contributed by atoms with E-state index in [1.807, 2.05) is 6.92 Å². The monoisotopic (exact) mass is 314 g/mol. The average molecular weight is 314 g/mol. The summed E-state index contributed by atoms with van der Waals surface area (Å²) in [6.45, 7) is 7.16. The first-order valence-electron chi connectivity index (χ1n) is 9.01. The topological polar surface area (TPSA) is 47.1 Å². The van der Waals surface area contributed by atoms with Gasteiger partial charge in [0.2, 0.25) is 5.89 Å². The van der Waals surface area contributed by atoms with Crippen molar-refractivity contribution in [1.29, 1.82) is 0 Å². The van der Waals surface area contributed by atoms with E-state index in [2.05, 4.69) is 21.5 Å². The number of aryl methyl sites for hydroxylation is 2. The Hall–Kier alpha value is -1.62. The number of hydrogen-bond acceptors (Lipinski definition) is 4. The highest BCUT2D eigenvalue weighted by molar-refractivity contribution is 5.55. The van der Waals surface area contributed by atoms with Crippen LogP contribution >= 0.6 is 0 Å². The Labute approximate surface area is 137 Å². The third-order valence-corrected chi connectivity index (χ3v) is 5.38. The Balaban J connectivity index is 1.67. The summed E-state index contributed by atoms with van der Waals surface area (Å²) < 4.78 is 7.91. The van der Waals surface area contributed by atoms with E-state index < -0.39 is 0 Å². The molecule has 2 aromatic rings. The molecule has 0 saturated heterocycles. The minimum atomic E-state index is 0.677. The molecule has 2 aliphatic rings. The first-order valence-corrected chi connectivity index (χ1v) is 9.01. The molecule has 4 rings (SSSR count). The molecule has 0 N–H and O–H groups in total.